The molecule has 25 heavy (non-hydrogen) atoms. The van der Waals surface area contributed by atoms with Gasteiger partial charge in [0, 0.05) is 37.7 Å². The van der Waals surface area contributed by atoms with Gasteiger partial charge in [0.2, 0.25) is 0 Å². The molecule has 3 aromatic rings. The number of hydrogen-bond donors (Lipinski definition) is 2. The molecule has 3 rings (SSSR count). The fourth-order valence-corrected chi connectivity index (χ4v) is 2.75. The molecule has 2 aromatic heterocycles. The Labute approximate surface area is 147 Å². The van der Waals surface area contributed by atoms with Crippen molar-refractivity contribution in [1.29, 1.82) is 0 Å². The lowest BCUT2D eigenvalue weighted by Gasteiger charge is -2.17. The number of nitrogens with one attached hydrogen (secondary N) is 1. The molecular weight excluding hydrogens is 314 g/mol. The maximum Gasteiger partial charge on any atom is 0.252 e. The predicted octanol–water partition coefficient (Wildman–Crippen LogP) is 2.77. The topological polar surface area (TPSA) is 67.2 Å². The van der Waals surface area contributed by atoms with Crippen molar-refractivity contribution in [2.45, 2.75) is 12.3 Å². The number of nitrogens with zero attached hydrogens (tertiary/aromatic N) is 2. The van der Waals surface area contributed by atoms with E-state index in [9.17, 15) is 9.90 Å². The molecule has 0 saturated carbocycles. The van der Waals surface area contributed by atoms with Crippen LogP contribution < -0.4 is 5.32 Å². The van der Waals surface area contributed by atoms with Crippen molar-refractivity contribution in [2.24, 2.45) is 0 Å². The van der Waals surface area contributed by atoms with Crippen LogP contribution in [0.2, 0.25) is 0 Å². The number of pyridine rings is 1. The molecule has 0 saturated heterocycles. The van der Waals surface area contributed by atoms with Crippen molar-refractivity contribution < 1.29 is 9.90 Å². The average molecular weight is 335 g/mol. The van der Waals surface area contributed by atoms with E-state index < -0.39 is 0 Å². The summed E-state index contributed by atoms with van der Waals surface area (Å²) in [6, 6.07) is 17.3. The highest BCUT2D eigenvalue weighted by Gasteiger charge is 2.13. The first kappa shape index (κ1) is 16.9. The molecular formula is C20H21N3O2. The molecule has 2 heterocycles. The molecule has 0 aliphatic rings. The molecule has 128 valence electrons. The van der Waals surface area contributed by atoms with Crippen LogP contribution in [0.15, 0.2) is 73.2 Å². The van der Waals surface area contributed by atoms with Gasteiger partial charge in [-0.3, -0.25) is 4.79 Å². The largest absolute Gasteiger partial charge is 0.396 e. The molecule has 5 heteroatoms. The van der Waals surface area contributed by atoms with Gasteiger partial charge in [0.1, 0.15) is 5.82 Å². The van der Waals surface area contributed by atoms with E-state index in [1.165, 1.54) is 0 Å². The molecule has 1 atom stereocenters. The smallest absolute Gasteiger partial charge is 0.252 e. The van der Waals surface area contributed by atoms with Gasteiger partial charge in [0.05, 0.1) is 5.56 Å². The zero-order valence-corrected chi connectivity index (χ0v) is 13.9. The van der Waals surface area contributed by atoms with Crippen LogP contribution in [0.4, 0.5) is 0 Å². The van der Waals surface area contributed by atoms with Crippen LogP contribution in [-0.4, -0.2) is 33.7 Å². The summed E-state index contributed by atoms with van der Waals surface area (Å²) in [5, 5.41) is 12.2. The van der Waals surface area contributed by atoms with Gasteiger partial charge in [-0.1, -0.05) is 30.3 Å². The number of carbonyl (C=O) groups is 1. The first-order valence-electron chi connectivity index (χ1n) is 8.31. The maximum atomic E-state index is 12.4. The van der Waals surface area contributed by atoms with E-state index in [1.54, 1.807) is 12.3 Å². The van der Waals surface area contributed by atoms with Crippen LogP contribution in [0.3, 0.4) is 0 Å². The predicted molar refractivity (Wildman–Crippen MR) is 96.8 cm³/mol. The van der Waals surface area contributed by atoms with Gasteiger partial charge in [0.25, 0.3) is 5.91 Å². The second-order valence-electron chi connectivity index (χ2n) is 5.83. The maximum absolute atomic E-state index is 12.4. The quantitative estimate of drug-likeness (QED) is 0.698. The Bertz CT molecular complexity index is 784. The normalized spacial score (nSPS) is 11.9. The summed E-state index contributed by atoms with van der Waals surface area (Å²) in [6.07, 6.45) is 5.99. The fourth-order valence-electron chi connectivity index (χ4n) is 2.75. The SMILES string of the molecule is O=C(NCC(CCO)c1ccccc1)c1ccc(-n2cccc2)nc1. The third kappa shape index (κ3) is 4.33. The molecule has 1 aromatic carbocycles. The first-order chi connectivity index (χ1) is 12.3. The number of amides is 1. The summed E-state index contributed by atoms with van der Waals surface area (Å²) in [5.41, 5.74) is 1.63. The molecule has 0 spiro atoms. The summed E-state index contributed by atoms with van der Waals surface area (Å²) >= 11 is 0. The third-order valence-corrected chi connectivity index (χ3v) is 4.14. The highest BCUT2D eigenvalue weighted by atomic mass is 16.3. The fraction of sp³-hybridized carbons (Fsp3) is 0.200. The molecule has 0 aliphatic heterocycles. The van der Waals surface area contributed by atoms with Crippen LogP contribution in [0.1, 0.15) is 28.3 Å². The molecule has 1 amide bonds. The summed E-state index contributed by atoms with van der Waals surface area (Å²) in [6.45, 7) is 0.561. The Balaban J connectivity index is 1.63. The van der Waals surface area contributed by atoms with Crippen molar-refractivity contribution in [3.63, 3.8) is 0 Å². The van der Waals surface area contributed by atoms with Crippen molar-refractivity contribution in [1.82, 2.24) is 14.9 Å². The highest BCUT2D eigenvalue weighted by molar-refractivity contribution is 5.93. The molecule has 1 unspecified atom stereocenters. The Hall–Kier alpha value is -2.92. The molecule has 0 aliphatic carbocycles. The lowest BCUT2D eigenvalue weighted by Crippen LogP contribution is -2.29. The number of benzene rings is 1. The molecule has 5 nitrogen and oxygen atoms in total. The van der Waals surface area contributed by atoms with Gasteiger partial charge >= 0.3 is 0 Å². The molecule has 0 fully saturated rings. The Kier molecular flexibility index (Phi) is 5.59. The van der Waals surface area contributed by atoms with Crippen LogP contribution in [-0.2, 0) is 0 Å². The van der Waals surface area contributed by atoms with E-state index in [1.807, 2.05) is 65.5 Å². The molecule has 2 N–H and O–H groups in total. The van der Waals surface area contributed by atoms with E-state index in [-0.39, 0.29) is 18.4 Å². The summed E-state index contributed by atoms with van der Waals surface area (Å²) in [5.74, 6) is 0.691. The number of aliphatic hydroxyl groups is 1. The number of aliphatic hydroxyl groups excluding tert-OH is 1. The minimum Gasteiger partial charge on any atom is -0.396 e. The minimum atomic E-state index is -0.162. The van der Waals surface area contributed by atoms with Crippen LogP contribution in [0.25, 0.3) is 5.82 Å². The highest BCUT2D eigenvalue weighted by Crippen LogP contribution is 2.18. The Morgan fingerprint density at radius 1 is 1.08 bits per heavy atom. The number of aromatic nitrogens is 2. The van der Waals surface area contributed by atoms with E-state index in [0.29, 0.717) is 18.5 Å². The Morgan fingerprint density at radius 2 is 1.84 bits per heavy atom. The number of carbonyl (C=O) groups excluding carboxylic acids is 1. The second-order valence-corrected chi connectivity index (χ2v) is 5.83. The molecule has 0 radical (unpaired) electrons. The molecule has 0 bridgehead atoms. The number of hydrogen-bond acceptors (Lipinski definition) is 3. The van der Waals surface area contributed by atoms with E-state index in [4.69, 9.17) is 0 Å². The van der Waals surface area contributed by atoms with Crippen LogP contribution in [0, 0.1) is 0 Å². The summed E-state index contributed by atoms with van der Waals surface area (Å²) < 4.78 is 1.88. The van der Waals surface area contributed by atoms with Gasteiger partial charge in [-0.05, 0) is 36.2 Å². The van der Waals surface area contributed by atoms with Crippen LogP contribution >= 0.6 is 0 Å². The van der Waals surface area contributed by atoms with Gasteiger partial charge in [-0.25, -0.2) is 4.98 Å². The van der Waals surface area contributed by atoms with Crippen molar-refractivity contribution in [3.8, 4) is 5.82 Å². The Morgan fingerprint density at radius 3 is 2.48 bits per heavy atom. The third-order valence-electron chi connectivity index (χ3n) is 4.14. The van der Waals surface area contributed by atoms with Gasteiger partial charge in [-0.2, -0.15) is 0 Å². The van der Waals surface area contributed by atoms with E-state index in [2.05, 4.69) is 10.3 Å². The standard InChI is InChI=1S/C20H21N3O2/c24-13-10-17(16-6-2-1-3-7-16)14-22-20(25)18-8-9-19(21-15-18)23-11-4-5-12-23/h1-9,11-12,15,17,24H,10,13-14H2,(H,22,25). The summed E-state index contributed by atoms with van der Waals surface area (Å²) in [7, 11) is 0. The van der Waals surface area contributed by atoms with Gasteiger partial charge in [-0.15, -0.1) is 0 Å². The minimum absolute atomic E-state index is 0.0854. The lowest BCUT2D eigenvalue weighted by molar-refractivity contribution is 0.0949. The van der Waals surface area contributed by atoms with Crippen molar-refractivity contribution >= 4 is 5.91 Å². The van der Waals surface area contributed by atoms with E-state index >= 15 is 0 Å². The summed E-state index contributed by atoms with van der Waals surface area (Å²) in [4.78, 5) is 16.7. The monoisotopic (exact) mass is 335 g/mol. The van der Waals surface area contributed by atoms with Crippen LogP contribution in [0.5, 0.6) is 0 Å². The zero-order valence-electron chi connectivity index (χ0n) is 13.9. The van der Waals surface area contributed by atoms with Gasteiger partial charge < -0.3 is 15.0 Å². The zero-order chi connectivity index (χ0) is 17.5. The van der Waals surface area contributed by atoms with Crippen molar-refractivity contribution in [2.75, 3.05) is 13.2 Å². The average Bonchev–Trinajstić information content (AvgIpc) is 3.20. The first-order valence-corrected chi connectivity index (χ1v) is 8.31. The number of rotatable bonds is 7. The van der Waals surface area contributed by atoms with E-state index in [0.717, 1.165) is 11.4 Å². The lowest BCUT2D eigenvalue weighted by atomic mass is 9.96. The second kappa shape index (κ2) is 8.26. The van der Waals surface area contributed by atoms with Crippen molar-refractivity contribution in [3.05, 3.63) is 84.3 Å². The van der Waals surface area contributed by atoms with Gasteiger partial charge in [0.15, 0.2) is 0 Å².